The van der Waals surface area contributed by atoms with E-state index in [1.807, 2.05) is 12.1 Å². The molecule has 5 aromatic carbocycles. The van der Waals surface area contributed by atoms with Crippen molar-refractivity contribution in [3.63, 3.8) is 0 Å². The van der Waals surface area contributed by atoms with Gasteiger partial charge in [-0.25, -0.2) is 6.07 Å². The Morgan fingerprint density at radius 3 is 1.92 bits per heavy atom. The first kappa shape index (κ1) is 30.8. The van der Waals surface area contributed by atoms with Crippen LogP contribution in [0.1, 0.15) is 34.7 Å². The molecule has 0 nitrogen and oxygen atoms in total. The fourth-order valence-electron chi connectivity index (χ4n) is 4.42. The first-order valence-electron chi connectivity index (χ1n) is 12.0. The molecule has 0 unspecified atom stereocenters. The number of hydrogen-bond donors (Lipinski definition) is 0. The molecule has 0 N–H and O–H groups in total. The van der Waals surface area contributed by atoms with Crippen molar-refractivity contribution >= 4 is 3.21 Å². The minimum Gasteiger partial charge on any atom is -1.00 e. The normalized spacial score (nSPS) is 10.2. The molecule has 5 aromatic rings. The monoisotopic (exact) mass is 598 g/mol. The second-order valence-corrected chi connectivity index (χ2v) is 10.7. The molecule has 0 fully saturated rings. The maximum Gasteiger partial charge on any atom is -0.0253 e. The average molecular weight is 601 g/mol. The summed E-state index contributed by atoms with van der Waals surface area (Å²) >= 11 is 1.51. The Bertz CT molecular complexity index is 1360. The minimum absolute atomic E-state index is 0. The van der Waals surface area contributed by atoms with Gasteiger partial charge in [-0.2, -0.15) is 52.6 Å². The molecule has 0 heterocycles. The molecule has 0 atom stereocenters. The van der Waals surface area contributed by atoms with Crippen molar-refractivity contribution in [2.75, 3.05) is 0 Å². The molecule has 0 amide bonds. The predicted molar refractivity (Wildman–Crippen MR) is 147 cm³/mol. The fraction of sp³-hybridized carbons (Fsp3) is 0.118. The van der Waals surface area contributed by atoms with Crippen LogP contribution in [0.2, 0.25) is 0 Å². The number of rotatable bonds is 2. The summed E-state index contributed by atoms with van der Waals surface area (Å²) in [5.74, 6) is 0. The number of fused-ring (bicyclic) bond motifs is 3. The van der Waals surface area contributed by atoms with E-state index in [1.165, 1.54) is 77.5 Å². The van der Waals surface area contributed by atoms with E-state index in [1.54, 1.807) is 0 Å². The van der Waals surface area contributed by atoms with E-state index in [9.17, 15) is 0 Å². The zero-order chi connectivity index (χ0) is 24.6. The van der Waals surface area contributed by atoms with Crippen molar-refractivity contribution in [2.24, 2.45) is 0 Å². The van der Waals surface area contributed by atoms with Gasteiger partial charge in [0.2, 0.25) is 0 Å². The second kappa shape index (κ2) is 15.1. The maximum absolute atomic E-state index is 3.30. The molecule has 0 radical (unpaired) electrons. The van der Waals surface area contributed by atoms with Crippen LogP contribution in [0, 0.1) is 19.9 Å². The second-order valence-electron chi connectivity index (χ2n) is 8.88. The van der Waals surface area contributed by atoms with Crippen molar-refractivity contribution < 1.29 is 49.0 Å². The van der Waals surface area contributed by atoms with Crippen LogP contribution >= 0.6 is 0 Å². The fourth-order valence-corrected chi connectivity index (χ4v) is 4.83. The number of halogens is 2. The van der Waals surface area contributed by atoms with Crippen LogP contribution in [0.15, 0.2) is 115 Å². The molecule has 0 saturated carbocycles. The van der Waals surface area contributed by atoms with E-state index < -0.39 is 0 Å². The van der Waals surface area contributed by atoms with E-state index in [0.717, 1.165) is 6.42 Å². The molecule has 0 saturated heterocycles. The first-order chi connectivity index (χ1) is 17.0. The summed E-state index contributed by atoms with van der Waals surface area (Å²) in [7, 11) is 0. The molecule has 3 heteroatoms. The summed E-state index contributed by atoms with van der Waals surface area (Å²) in [4.78, 5) is 0. The average Bonchev–Trinajstić information content (AvgIpc) is 3.44. The molecule has 0 aromatic heterocycles. The zero-order valence-corrected chi connectivity index (χ0v) is 25.4. The zero-order valence-electron chi connectivity index (χ0n) is 21.4. The van der Waals surface area contributed by atoms with Gasteiger partial charge in [-0.1, -0.05) is 85.1 Å². The van der Waals surface area contributed by atoms with Gasteiger partial charge in [0.15, 0.2) is 0 Å². The topological polar surface area (TPSA) is 0 Å². The summed E-state index contributed by atoms with van der Waals surface area (Å²) in [5, 5.41) is 0. The summed E-state index contributed by atoms with van der Waals surface area (Å²) in [6, 6.07) is 43.6. The molecule has 0 bridgehead atoms. The van der Waals surface area contributed by atoms with Gasteiger partial charge in [-0.3, -0.25) is 0 Å². The third-order valence-corrected chi connectivity index (χ3v) is 6.86. The van der Waals surface area contributed by atoms with Crippen LogP contribution in [-0.4, -0.2) is 3.21 Å². The molecule has 6 rings (SSSR count). The minimum atomic E-state index is 0. The van der Waals surface area contributed by atoms with Gasteiger partial charge in [0, 0.05) is 0 Å². The van der Waals surface area contributed by atoms with Gasteiger partial charge >= 0.3 is 70.3 Å². The number of hydrogen-bond acceptors (Lipinski definition) is 0. The van der Waals surface area contributed by atoms with Crippen LogP contribution in [-0.2, 0) is 30.7 Å². The Hall–Kier alpha value is -2.44. The van der Waals surface area contributed by atoms with Crippen molar-refractivity contribution in [1.29, 1.82) is 0 Å². The summed E-state index contributed by atoms with van der Waals surface area (Å²) in [5.41, 5.74) is 12.3. The third kappa shape index (κ3) is 8.28. The van der Waals surface area contributed by atoms with Crippen LogP contribution in [0.4, 0.5) is 0 Å². The molecule has 37 heavy (non-hydrogen) atoms. The van der Waals surface area contributed by atoms with Crippen molar-refractivity contribution in [1.82, 2.24) is 0 Å². The Morgan fingerprint density at radius 1 is 0.730 bits per heavy atom. The Kier molecular flexibility index (Phi) is 12.6. The van der Waals surface area contributed by atoms with E-state index in [0.29, 0.717) is 0 Å². The van der Waals surface area contributed by atoms with E-state index in [2.05, 4.69) is 130 Å². The van der Waals surface area contributed by atoms with Crippen LogP contribution in [0.3, 0.4) is 0 Å². The molecular formula is C34H30Cl2Zr-2. The van der Waals surface area contributed by atoms with Gasteiger partial charge in [0.1, 0.15) is 0 Å². The molecule has 1 aliphatic rings. The molecule has 0 aliphatic heterocycles. The van der Waals surface area contributed by atoms with Crippen LogP contribution in [0.5, 0.6) is 0 Å². The van der Waals surface area contributed by atoms with Crippen molar-refractivity contribution in [3.8, 4) is 22.3 Å². The quantitative estimate of drug-likeness (QED) is 0.268. The molecule has 1 aliphatic carbocycles. The standard InChI is InChI=1S/C13H9.C13H13.C8H8.2ClH.Zr/c1-3-7-12-10(5-1)9-11-6-2-4-8-13(11)12;1-10-8-11(2)13(9-10)12-6-4-3-5-7-12;1-2-8-6-4-3-5-7-8;;;/h1-5,7-8H,9H2;3-9H,1-2H3;3-7H,1H3;2*1H;/q2*-1;;;;+2/p-2. The first-order valence-corrected chi connectivity index (χ1v) is 13.2. The summed E-state index contributed by atoms with van der Waals surface area (Å²) < 4.78 is 1.46. The van der Waals surface area contributed by atoms with Crippen molar-refractivity contribution in [3.05, 3.63) is 149 Å². The van der Waals surface area contributed by atoms with Crippen LogP contribution < -0.4 is 24.8 Å². The molecule has 0 spiro atoms. The predicted octanol–water partition coefficient (Wildman–Crippen LogP) is 2.53. The summed E-state index contributed by atoms with van der Waals surface area (Å²) in [6.07, 6.45) is 1.05. The van der Waals surface area contributed by atoms with E-state index in [4.69, 9.17) is 0 Å². The largest absolute Gasteiger partial charge is 1.00 e. The van der Waals surface area contributed by atoms with Gasteiger partial charge in [0.05, 0.1) is 0 Å². The third-order valence-electron chi connectivity index (χ3n) is 6.15. The summed E-state index contributed by atoms with van der Waals surface area (Å²) in [6.45, 7) is 6.46. The van der Waals surface area contributed by atoms with Gasteiger partial charge in [-0.05, 0) is 6.42 Å². The SMILES string of the molecule is C[C](=[Zr+2])c1ccccc1.Cc1cc(-c2ccccc2)c(C)[cH-]1.[Cl-].[Cl-].[c-]1cccc2c1Cc1ccccc1-2. The molecular weight excluding hydrogens is 571 g/mol. The Balaban J connectivity index is 0.000000194. The smallest absolute Gasteiger partial charge is 0.0253 e. The number of aryl methyl sites for hydroxylation is 2. The molecule has 186 valence electrons. The maximum atomic E-state index is 3.30. The van der Waals surface area contributed by atoms with Crippen LogP contribution in [0.25, 0.3) is 22.3 Å². The Labute approximate surface area is 249 Å². The van der Waals surface area contributed by atoms with E-state index >= 15 is 0 Å². The van der Waals surface area contributed by atoms with Gasteiger partial charge < -0.3 is 24.8 Å². The Morgan fingerprint density at radius 2 is 1.32 bits per heavy atom. The number of benzene rings is 4. The van der Waals surface area contributed by atoms with E-state index in [-0.39, 0.29) is 24.8 Å². The van der Waals surface area contributed by atoms with Gasteiger partial charge in [0.25, 0.3) is 0 Å². The van der Waals surface area contributed by atoms with Gasteiger partial charge in [-0.15, -0.1) is 5.56 Å². The van der Waals surface area contributed by atoms with Crippen molar-refractivity contribution in [2.45, 2.75) is 27.2 Å².